The molecule has 2 heterocycles. The molecule has 0 aromatic heterocycles. The van der Waals surface area contributed by atoms with Gasteiger partial charge in [0.2, 0.25) is 0 Å². The van der Waals surface area contributed by atoms with Crippen LogP contribution in [0.4, 0.5) is 0 Å². The third kappa shape index (κ3) is 4.78. The molecule has 0 amide bonds. The van der Waals surface area contributed by atoms with Crippen LogP contribution in [0.25, 0.3) is 0 Å². The molecule has 3 rings (SSSR count). The highest BCUT2D eigenvalue weighted by Gasteiger charge is 2.14. The van der Waals surface area contributed by atoms with E-state index < -0.39 is 0 Å². The summed E-state index contributed by atoms with van der Waals surface area (Å²) in [7, 11) is 2.21. The molecule has 1 aromatic carbocycles. The van der Waals surface area contributed by atoms with E-state index in [1.165, 1.54) is 63.4 Å². The summed E-state index contributed by atoms with van der Waals surface area (Å²) < 4.78 is 0. The first kappa shape index (κ1) is 15.9. The largest absolute Gasteiger partial charge is 0.314 e. The van der Waals surface area contributed by atoms with Crippen LogP contribution < -0.4 is 5.32 Å². The number of nitrogens with one attached hydrogen (secondary N) is 1. The Hall–Kier alpha value is -0.940. The van der Waals surface area contributed by atoms with E-state index in [2.05, 4.69) is 51.3 Å². The summed E-state index contributed by atoms with van der Waals surface area (Å²) in [6.45, 7) is 11.8. The first-order chi connectivity index (χ1) is 10.8. The van der Waals surface area contributed by atoms with Gasteiger partial charge in [0.15, 0.2) is 0 Å². The summed E-state index contributed by atoms with van der Waals surface area (Å²) in [5.74, 6) is 0. The fourth-order valence-corrected chi connectivity index (χ4v) is 3.30. The van der Waals surface area contributed by atoms with Crippen molar-refractivity contribution in [2.45, 2.75) is 13.0 Å². The Morgan fingerprint density at radius 2 is 1.45 bits per heavy atom. The van der Waals surface area contributed by atoms with E-state index in [4.69, 9.17) is 0 Å². The lowest BCUT2D eigenvalue weighted by atomic mass is 10.1. The maximum atomic E-state index is 3.41. The molecule has 0 atom stereocenters. The van der Waals surface area contributed by atoms with Crippen LogP contribution in [0.3, 0.4) is 0 Å². The highest BCUT2D eigenvalue weighted by atomic mass is 15.2. The maximum absolute atomic E-state index is 3.41. The zero-order valence-electron chi connectivity index (χ0n) is 13.9. The van der Waals surface area contributed by atoms with Crippen molar-refractivity contribution in [3.63, 3.8) is 0 Å². The third-order valence-electron chi connectivity index (χ3n) is 4.95. The van der Waals surface area contributed by atoms with Gasteiger partial charge in [-0.2, -0.15) is 0 Å². The van der Waals surface area contributed by atoms with Gasteiger partial charge in [0, 0.05) is 65.4 Å². The van der Waals surface area contributed by atoms with E-state index in [1.807, 2.05) is 0 Å². The van der Waals surface area contributed by atoms with Crippen molar-refractivity contribution in [3.8, 4) is 0 Å². The molecule has 0 bridgehead atoms. The van der Waals surface area contributed by atoms with Gasteiger partial charge in [-0.15, -0.1) is 0 Å². The molecule has 0 aliphatic carbocycles. The molecule has 2 aliphatic rings. The number of likely N-dealkylation sites (N-methyl/N-ethyl adjacent to an activating group) is 1. The van der Waals surface area contributed by atoms with Crippen LogP contribution in [0.2, 0.25) is 0 Å². The second-order valence-corrected chi connectivity index (χ2v) is 6.74. The Labute approximate surface area is 135 Å². The third-order valence-corrected chi connectivity index (χ3v) is 4.95. The minimum Gasteiger partial charge on any atom is -0.314 e. The van der Waals surface area contributed by atoms with Crippen LogP contribution in [0.15, 0.2) is 24.3 Å². The van der Waals surface area contributed by atoms with Gasteiger partial charge in [0.1, 0.15) is 0 Å². The fourth-order valence-electron chi connectivity index (χ4n) is 3.30. The molecule has 22 heavy (non-hydrogen) atoms. The van der Waals surface area contributed by atoms with E-state index >= 15 is 0 Å². The quantitative estimate of drug-likeness (QED) is 0.872. The molecule has 1 N–H and O–H groups in total. The van der Waals surface area contributed by atoms with E-state index in [9.17, 15) is 0 Å². The van der Waals surface area contributed by atoms with Crippen molar-refractivity contribution in [1.82, 2.24) is 20.0 Å². The molecule has 0 saturated carbocycles. The number of rotatable bonds is 5. The second kappa shape index (κ2) is 8.06. The van der Waals surface area contributed by atoms with Crippen molar-refractivity contribution >= 4 is 0 Å². The predicted octanol–water partition coefficient (Wildman–Crippen LogP) is 0.882. The van der Waals surface area contributed by atoms with Gasteiger partial charge in [0.05, 0.1) is 0 Å². The van der Waals surface area contributed by atoms with Gasteiger partial charge >= 0.3 is 0 Å². The molecule has 1 aromatic rings. The first-order valence-electron chi connectivity index (χ1n) is 8.71. The standard InChI is InChI=1S/C18H30N4/c1-20-12-14-22(15-13-20)16-18-4-2-17(3-5-18)6-9-21-10-7-19-8-11-21/h2-5,19H,6-16H2,1H3. The van der Waals surface area contributed by atoms with Crippen LogP contribution in [0, 0.1) is 0 Å². The van der Waals surface area contributed by atoms with E-state index in [0.29, 0.717) is 0 Å². The van der Waals surface area contributed by atoms with E-state index in [0.717, 1.165) is 19.6 Å². The van der Waals surface area contributed by atoms with Crippen molar-refractivity contribution in [2.75, 3.05) is 66.0 Å². The van der Waals surface area contributed by atoms with Crippen LogP contribution in [0.1, 0.15) is 11.1 Å². The number of piperazine rings is 2. The lowest BCUT2D eigenvalue weighted by Gasteiger charge is -2.32. The monoisotopic (exact) mass is 302 g/mol. The average Bonchev–Trinajstić information content (AvgIpc) is 2.57. The summed E-state index contributed by atoms with van der Waals surface area (Å²) in [5, 5.41) is 3.41. The lowest BCUT2D eigenvalue weighted by Crippen LogP contribution is -2.44. The number of hydrogen-bond donors (Lipinski definition) is 1. The molecule has 0 spiro atoms. The molecule has 4 nitrogen and oxygen atoms in total. The van der Waals surface area contributed by atoms with Crippen LogP contribution in [0.5, 0.6) is 0 Å². The van der Waals surface area contributed by atoms with Gasteiger partial charge in [-0.05, 0) is 24.6 Å². The normalized spacial score (nSPS) is 22.0. The average molecular weight is 302 g/mol. The summed E-state index contributed by atoms with van der Waals surface area (Å²) in [6, 6.07) is 9.30. The summed E-state index contributed by atoms with van der Waals surface area (Å²) in [5.41, 5.74) is 2.93. The molecule has 4 heteroatoms. The Balaban J connectivity index is 1.43. The molecular formula is C18H30N4. The number of nitrogens with zero attached hydrogens (tertiary/aromatic N) is 3. The van der Waals surface area contributed by atoms with Crippen LogP contribution in [-0.4, -0.2) is 80.7 Å². The molecule has 0 radical (unpaired) electrons. The zero-order chi connectivity index (χ0) is 15.2. The molecular weight excluding hydrogens is 272 g/mol. The predicted molar refractivity (Wildman–Crippen MR) is 92.2 cm³/mol. The van der Waals surface area contributed by atoms with Gasteiger partial charge in [-0.3, -0.25) is 4.90 Å². The van der Waals surface area contributed by atoms with Gasteiger partial charge in [-0.25, -0.2) is 0 Å². The van der Waals surface area contributed by atoms with Gasteiger partial charge < -0.3 is 15.1 Å². The Morgan fingerprint density at radius 3 is 2.14 bits per heavy atom. The molecule has 2 aliphatic heterocycles. The van der Waals surface area contributed by atoms with Crippen LogP contribution in [-0.2, 0) is 13.0 Å². The van der Waals surface area contributed by atoms with Crippen LogP contribution >= 0.6 is 0 Å². The highest BCUT2D eigenvalue weighted by molar-refractivity contribution is 5.22. The summed E-state index contributed by atoms with van der Waals surface area (Å²) >= 11 is 0. The van der Waals surface area contributed by atoms with Crippen molar-refractivity contribution < 1.29 is 0 Å². The zero-order valence-corrected chi connectivity index (χ0v) is 13.9. The smallest absolute Gasteiger partial charge is 0.0234 e. The fraction of sp³-hybridized carbons (Fsp3) is 0.667. The molecule has 2 saturated heterocycles. The Kier molecular flexibility index (Phi) is 5.84. The SMILES string of the molecule is CN1CCN(Cc2ccc(CCN3CCNCC3)cc2)CC1. The topological polar surface area (TPSA) is 21.8 Å². The molecule has 2 fully saturated rings. The highest BCUT2D eigenvalue weighted by Crippen LogP contribution is 2.10. The second-order valence-electron chi connectivity index (χ2n) is 6.74. The molecule has 0 unspecified atom stereocenters. The van der Waals surface area contributed by atoms with Crippen molar-refractivity contribution in [3.05, 3.63) is 35.4 Å². The number of benzene rings is 1. The van der Waals surface area contributed by atoms with Gasteiger partial charge in [-0.1, -0.05) is 24.3 Å². The lowest BCUT2D eigenvalue weighted by molar-refractivity contribution is 0.148. The van der Waals surface area contributed by atoms with Crippen molar-refractivity contribution in [2.24, 2.45) is 0 Å². The Morgan fingerprint density at radius 1 is 0.818 bits per heavy atom. The van der Waals surface area contributed by atoms with Crippen molar-refractivity contribution in [1.29, 1.82) is 0 Å². The minimum atomic E-state index is 1.10. The summed E-state index contributed by atoms with van der Waals surface area (Å²) in [6.07, 6.45) is 1.18. The maximum Gasteiger partial charge on any atom is 0.0234 e. The molecule has 122 valence electrons. The van der Waals surface area contributed by atoms with E-state index in [1.54, 1.807) is 0 Å². The van der Waals surface area contributed by atoms with E-state index in [-0.39, 0.29) is 0 Å². The van der Waals surface area contributed by atoms with Gasteiger partial charge in [0.25, 0.3) is 0 Å². The first-order valence-corrected chi connectivity index (χ1v) is 8.71. The Bertz CT molecular complexity index is 431. The number of hydrogen-bond acceptors (Lipinski definition) is 4. The minimum absolute atomic E-state index is 1.10. The summed E-state index contributed by atoms with van der Waals surface area (Å²) in [4.78, 5) is 7.54.